The molecule has 11 heavy (non-hydrogen) atoms. The predicted octanol–water partition coefficient (Wildman–Crippen LogP) is 0.0726. The van der Waals surface area contributed by atoms with Crippen LogP contribution in [0.15, 0.2) is 0 Å². The minimum atomic E-state index is 0.0359. The van der Waals surface area contributed by atoms with Crippen LogP contribution in [0.1, 0.15) is 13.8 Å². The quantitative estimate of drug-likeness (QED) is 0.583. The molecule has 1 aliphatic rings. The number of carbonyl (C=O) groups excluding carboxylic acids is 1. The van der Waals surface area contributed by atoms with E-state index in [1.54, 1.807) is 4.90 Å². The smallest absolute Gasteiger partial charge is 0.239 e. The first-order valence-corrected chi connectivity index (χ1v) is 4.11. The van der Waals surface area contributed by atoms with Crippen LogP contribution < -0.4 is 5.32 Å². The standard InChI is InChI=1S/C8H16N2O/c1-6(2)7-8(11)10(3)5-4-9-7/h6-7,9H,4-5H2,1-3H3/t7-/m0/s1. The molecule has 0 aromatic heterocycles. The van der Waals surface area contributed by atoms with Crippen molar-refractivity contribution in [3.8, 4) is 0 Å². The first-order chi connectivity index (χ1) is 5.13. The van der Waals surface area contributed by atoms with E-state index < -0.39 is 0 Å². The molecular formula is C8H16N2O. The van der Waals surface area contributed by atoms with Gasteiger partial charge in [0, 0.05) is 20.1 Å². The van der Waals surface area contributed by atoms with Gasteiger partial charge in [-0.1, -0.05) is 13.8 Å². The molecule has 3 heteroatoms. The van der Waals surface area contributed by atoms with E-state index >= 15 is 0 Å². The Morgan fingerprint density at radius 3 is 2.73 bits per heavy atom. The number of rotatable bonds is 1. The molecule has 0 bridgehead atoms. The number of carbonyl (C=O) groups is 1. The zero-order valence-corrected chi connectivity index (χ0v) is 7.42. The SMILES string of the molecule is CC(C)[C@@H]1NCCN(C)C1=O. The van der Waals surface area contributed by atoms with Crippen molar-refractivity contribution in [1.82, 2.24) is 10.2 Å². The maximum absolute atomic E-state index is 11.4. The van der Waals surface area contributed by atoms with E-state index in [4.69, 9.17) is 0 Å². The lowest BCUT2D eigenvalue weighted by atomic mass is 10.0. The second kappa shape index (κ2) is 3.22. The normalized spacial score (nSPS) is 26.4. The molecule has 1 amide bonds. The van der Waals surface area contributed by atoms with E-state index in [1.165, 1.54) is 0 Å². The molecule has 0 radical (unpaired) electrons. The molecule has 3 nitrogen and oxygen atoms in total. The Hall–Kier alpha value is -0.570. The monoisotopic (exact) mass is 156 g/mol. The Morgan fingerprint density at radius 2 is 2.27 bits per heavy atom. The largest absolute Gasteiger partial charge is 0.343 e. The summed E-state index contributed by atoms with van der Waals surface area (Å²) in [7, 11) is 1.86. The second-order valence-corrected chi connectivity index (χ2v) is 3.44. The number of hydrogen-bond donors (Lipinski definition) is 1. The van der Waals surface area contributed by atoms with E-state index in [0.717, 1.165) is 13.1 Å². The lowest BCUT2D eigenvalue weighted by Crippen LogP contribution is -2.55. The highest BCUT2D eigenvalue weighted by Gasteiger charge is 2.27. The average molecular weight is 156 g/mol. The van der Waals surface area contributed by atoms with Crippen molar-refractivity contribution >= 4 is 5.91 Å². The number of piperazine rings is 1. The van der Waals surface area contributed by atoms with Crippen LogP contribution in [0.2, 0.25) is 0 Å². The molecule has 1 heterocycles. The summed E-state index contributed by atoms with van der Waals surface area (Å²) in [5.41, 5.74) is 0. The van der Waals surface area contributed by atoms with Crippen molar-refractivity contribution in [1.29, 1.82) is 0 Å². The molecule has 0 aliphatic carbocycles. The summed E-state index contributed by atoms with van der Waals surface area (Å²) >= 11 is 0. The molecule has 1 atom stereocenters. The van der Waals surface area contributed by atoms with Crippen molar-refractivity contribution in [2.24, 2.45) is 5.92 Å². The van der Waals surface area contributed by atoms with Gasteiger partial charge >= 0.3 is 0 Å². The van der Waals surface area contributed by atoms with Crippen molar-refractivity contribution in [3.05, 3.63) is 0 Å². The minimum Gasteiger partial charge on any atom is -0.343 e. The Balaban J connectivity index is 2.58. The minimum absolute atomic E-state index is 0.0359. The molecule has 1 rings (SSSR count). The molecule has 1 N–H and O–H groups in total. The van der Waals surface area contributed by atoms with E-state index in [0.29, 0.717) is 5.92 Å². The van der Waals surface area contributed by atoms with Gasteiger partial charge in [-0.3, -0.25) is 4.79 Å². The first-order valence-electron chi connectivity index (χ1n) is 4.11. The zero-order valence-electron chi connectivity index (χ0n) is 7.42. The molecular weight excluding hydrogens is 140 g/mol. The summed E-state index contributed by atoms with van der Waals surface area (Å²) in [5.74, 6) is 0.622. The average Bonchev–Trinajstić information content (AvgIpc) is 1.94. The summed E-state index contributed by atoms with van der Waals surface area (Å²) in [6.07, 6.45) is 0. The summed E-state index contributed by atoms with van der Waals surface area (Å²) in [4.78, 5) is 13.2. The van der Waals surface area contributed by atoms with Gasteiger partial charge in [0.15, 0.2) is 0 Å². The summed E-state index contributed by atoms with van der Waals surface area (Å²) < 4.78 is 0. The number of amides is 1. The Bertz CT molecular complexity index is 156. The van der Waals surface area contributed by atoms with Crippen LogP contribution in [0.4, 0.5) is 0 Å². The van der Waals surface area contributed by atoms with Gasteiger partial charge in [-0.25, -0.2) is 0 Å². The maximum atomic E-state index is 11.4. The lowest BCUT2D eigenvalue weighted by molar-refractivity contribution is -0.135. The summed E-state index contributed by atoms with van der Waals surface area (Å²) in [6, 6.07) is 0.0359. The van der Waals surface area contributed by atoms with Crippen molar-refractivity contribution in [2.75, 3.05) is 20.1 Å². The van der Waals surface area contributed by atoms with Crippen LogP contribution in [0.3, 0.4) is 0 Å². The molecule has 0 aromatic carbocycles. The van der Waals surface area contributed by atoms with Crippen molar-refractivity contribution < 1.29 is 4.79 Å². The van der Waals surface area contributed by atoms with Crippen molar-refractivity contribution in [3.63, 3.8) is 0 Å². The second-order valence-electron chi connectivity index (χ2n) is 3.44. The molecule has 0 unspecified atom stereocenters. The number of hydrogen-bond acceptors (Lipinski definition) is 2. The number of likely N-dealkylation sites (N-methyl/N-ethyl adjacent to an activating group) is 1. The van der Waals surface area contributed by atoms with Gasteiger partial charge in [-0.05, 0) is 5.92 Å². The van der Waals surface area contributed by atoms with Crippen LogP contribution in [0, 0.1) is 5.92 Å². The highest BCUT2D eigenvalue weighted by molar-refractivity contribution is 5.82. The fourth-order valence-electron chi connectivity index (χ4n) is 1.34. The summed E-state index contributed by atoms with van der Waals surface area (Å²) in [6.45, 7) is 5.89. The summed E-state index contributed by atoms with van der Waals surface area (Å²) in [5, 5.41) is 3.21. The molecule has 64 valence electrons. The molecule has 0 spiro atoms. The van der Waals surface area contributed by atoms with Gasteiger partial charge < -0.3 is 10.2 Å². The molecule has 0 aromatic rings. The third-order valence-corrected chi connectivity index (χ3v) is 2.12. The van der Waals surface area contributed by atoms with Crippen molar-refractivity contribution in [2.45, 2.75) is 19.9 Å². The Labute approximate surface area is 67.8 Å². The van der Waals surface area contributed by atoms with Gasteiger partial charge in [0.25, 0.3) is 0 Å². The van der Waals surface area contributed by atoms with Crippen LogP contribution in [-0.2, 0) is 4.79 Å². The molecule has 1 aliphatic heterocycles. The molecule has 0 saturated carbocycles. The Kier molecular flexibility index (Phi) is 2.49. The van der Waals surface area contributed by atoms with Gasteiger partial charge in [0.05, 0.1) is 6.04 Å². The van der Waals surface area contributed by atoms with Gasteiger partial charge in [0.1, 0.15) is 0 Å². The van der Waals surface area contributed by atoms with E-state index in [-0.39, 0.29) is 11.9 Å². The lowest BCUT2D eigenvalue weighted by Gasteiger charge is -2.32. The highest BCUT2D eigenvalue weighted by Crippen LogP contribution is 2.07. The Morgan fingerprint density at radius 1 is 1.64 bits per heavy atom. The highest BCUT2D eigenvalue weighted by atomic mass is 16.2. The third kappa shape index (κ3) is 1.71. The third-order valence-electron chi connectivity index (χ3n) is 2.12. The zero-order chi connectivity index (χ0) is 8.43. The fraction of sp³-hybridized carbons (Fsp3) is 0.875. The van der Waals surface area contributed by atoms with Crippen LogP contribution in [0.5, 0.6) is 0 Å². The van der Waals surface area contributed by atoms with Gasteiger partial charge in [0.2, 0.25) is 5.91 Å². The van der Waals surface area contributed by atoms with Gasteiger partial charge in [-0.2, -0.15) is 0 Å². The molecule has 1 saturated heterocycles. The first kappa shape index (κ1) is 8.53. The molecule has 1 fully saturated rings. The number of nitrogens with zero attached hydrogens (tertiary/aromatic N) is 1. The fourth-order valence-corrected chi connectivity index (χ4v) is 1.34. The van der Waals surface area contributed by atoms with Crippen LogP contribution in [-0.4, -0.2) is 37.0 Å². The predicted molar refractivity (Wildman–Crippen MR) is 44.3 cm³/mol. The van der Waals surface area contributed by atoms with E-state index in [1.807, 2.05) is 7.05 Å². The topological polar surface area (TPSA) is 32.3 Å². The maximum Gasteiger partial charge on any atom is 0.239 e. The van der Waals surface area contributed by atoms with Crippen LogP contribution >= 0.6 is 0 Å². The van der Waals surface area contributed by atoms with Gasteiger partial charge in [-0.15, -0.1) is 0 Å². The van der Waals surface area contributed by atoms with E-state index in [2.05, 4.69) is 19.2 Å². The van der Waals surface area contributed by atoms with Crippen LogP contribution in [0.25, 0.3) is 0 Å². The number of nitrogens with one attached hydrogen (secondary N) is 1. The van der Waals surface area contributed by atoms with E-state index in [9.17, 15) is 4.79 Å².